The Morgan fingerprint density at radius 1 is 0.763 bits per heavy atom. The first-order chi connectivity index (χ1) is 18.2. The van der Waals surface area contributed by atoms with E-state index >= 15 is 0 Å². The Labute approximate surface area is 230 Å². The number of esters is 1. The maximum absolute atomic E-state index is 12.2. The molecule has 0 heterocycles. The lowest BCUT2D eigenvalue weighted by atomic mass is 10.1. The maximum Gasteiger partial charge on any atom is 0.469 e. The predicted octanol–water partition coefficient (Wildman–Crippen LogP) is 5.79. The zero-order valence-corrected chi connectivity index (χ0v) is 24.7. The molecule has 0 fully saturated rings. The van der Waals surface area contributed by atoms with Crippen molar-refractivity contribution in [3.8, 4) is 0 Å². The summed E-state index contributed by atoms with van der Waals surface area (Å²) in [5.41, 5.74) is 0. The second kappa shape index (κ2) is 26.2. The fourth-order valence-corrected chi connectivity index (χ4v) is 4.26. The molecule has 11 heteroatoms. The first-order valence-corrected chi connectivity index (χ1v) is 16.1. The molecule has 0 radical (unpaired) electrons. The molecular weight excluding hydrogens is 513 g/mol. The number of carbonyl (C=O) groups is 2. The predicted molar refractivity (Wildman–Crippen MR) is 147 cm³/mol. The smallest absolute Gasteiger partial charge is 0.457 e. The van der Waals surface area contributed by atoms with Gasteiger partial charge in [0.25, 0.3) is 0 Å². The zero-order chi connectivity index (χ0) is 28.3. The van der Waals surface area contributed by atoms with Crippen molar-refractivity contribution in [2.24, 2.45) is 0 Å². The van der Waals surface area contributed by atoms with Crippen molar-refractivity contribution in [1.29, 1.82) is 0 Å². The van der Waals surface area contributed by atoms with Crippen LogP contribution in [-0.4, -0.2) is 60.9 Å². The third kappa shape index (κ3) is 29.5. The maximum atomic E-state index is 12.2. The van der Waals surface area contributed by atoms with Crippen LogP contribution in [0.3, 0.4) is 0 Å². The quantitative estimate of drug-likeness (QED) is 0.0464. The average Bonchev–Trinajstić information content (AvgIpc) is 2.85. The number of rotatable bonds is 28. The van der Waals surface area contributed by atoms with E-state index in [1.165, 1.54) is 58.3 Å². The molecule has 0 aliphatic carbocycles. The minimum atomic E-state index is -4.68. The molecular formula is C27H54NO9P. The molecule has 0 saturated heterocycles. The van der Waals surface area contributed by atoms with Crippen molar-refractivity contribution in [3.63, 3.8) is 0 Å². The van der Waals surface area contributed by atoms with Crippen LogP contribution >= 0.6 is 7.82 Å². The summed E-state index contributed by atoms with van der Waals surface area (Å²) in [6, 6.07) is 0. The third-order valence-corrected chi connectivity index (χ3v) is 6.51. The fourth-order valence-electron chi connectivity index (χ4n) is 3.90. The number of hydrogen-bond donors (Lipinski definition) is 3. The van der Waals surface area contributed by atoms with Crippen molar-refractivity contribution in [3.05, 3.63) is 0 Å². The van der Waals surface area contributed by atoms with Crippen LogP contribution in [0.1, 0.15) is 123 Å². The van der Waals surface area contributed by atoms with Crippen molar-refractivity contribution in [2.75, 3.05) is 33.2 Å². The Morgan fingerprint density at radius 2 is 1.32 bits per heavy atom. The monoisotopic (exact) mass is 567 g/mol. The van der Waals surface area contributed by atoms with Crippen LogP contribution < -0.4 is 5.32 Å². The Kier molecular flexibility index (Phi) is 25.5. The summed E-state index contributed by atoms with van der Waals surface area (Å²) in [5, 5.41) is 2.77. The minimum Gasteiger partial charge on any atom is -0.457 e. The summed E-state index contributed by atoms with van der Waals surface area (Å²) in [7, 11) is -4.68. The van der Waals surface area contributed by atoms with E-state index in [-0.39, 0.29) is 25.7 Å². The highest BCUT2D eigenvalue weighted by Gasteiger charge is 2.21. The van der Waals surface area contributed by atoms with Crippen LogP contribution in [0.2, 0.25) is 0 Å². The molecule has 0 rings (SSSR count). The van der Waals surface area contributed by atoms with Gasteiger partial charge >= 0.3 is 13.8 Å². The van der Waals surface area contributed by atoms with E-state index in [1.807, 2.05) is 0 Å². The van der Waals surface area contributed by atoms with Gasteiger partial charge in [0, 0.05) is 26.5 Å². The van der Waals surface area contributed by atoms with Gasteiger partial charge in [-0.25, -0.2) is 4.57 Å². The molecule has 0 aliphatic heterocycles. The normalized spacial score (nSPS) is 12.4. The number of phosphoric acid groups is 1. The van der Waals surface area contributed by atoms with Gasteiger partial charge < -0.3 is 29.3 Å². The summed E-state index contributed by atoms with van der Waals surface area (Å²) in [6.07, 6.45) is 17.3. The Hall–Kier alpha value is -1.03. The zero-order valence-electron chi connectivity index (χ0n) is 23.8. The van der Waals surface area contributed by atoms with Crippen LogP contribution in [0.5, 0.6) is 0 Å². The molecule has 0 aromatic heterocycles. The number of phosphoric ester groups is 1. The molecule has 0 unspecified atom stereocenters. The Balaban J connectivity index is 3.89. The second-order valence-electron chi connectivity index (χ2n) is 9.83. The van der Waals surface area contributed by atoms with E-state index < -0.39 is 26.5 Å². The van der Waals surface area contributed by atoms with Gasteiger partial charge in [0.15, 0.2) is 0 Å². The molecule has 0 aromatic carbocycles. The van der Waals surface area contributed by atoms with Gasteiger partial charge in [0.2, 0.25) is 5.91 Å². The first-order valence-electron chi connectivity index (χ1n) is 14.5. The lowest BCUT2D eigenvalue weighted by Crippen LogP contribution is -2.28. The molecule has 38 heavy (non-hydrogen) atoms. The van der Waals surface area contributed by atoms with Crippen LogP contribution in [0.25, 0.3) is 0 Å². The van der Waals surface area contributed by atoms with Crippen molar-refractivity contribution in [1.82, 2.24) is 5.32 Å². The van der Waals surface area contributed by atoms with Crippen molar-refractivity contribution >= 4 is 19.7 Å². The van der Waals surface area contributed by atoms with E-state index in [2.05, 4.69) is 16.8 Å². The SMILES string of the molecule is CCCCCCCCCCCCCC(=O)O[C@H](COCOCCCCCCCNC(C)=O)COP(=O)(O)O. The summed E-state index contributed by atoms with van der Waals surface area (Å²) in [6.45, 7) is 4.42. The van der Waals surface area contributed by atoms with Gasteiger partial charge in [-0.1, -0.05) is 90.4 Å². The molecule has 0 aromatic rings. The molecule has 0 saturated carbocycles. The molecule has 1 amide bonds. The van der Waals surface area contributed by atoms with Gasteiger partial charge in [-0.05, 0) is 19.3 Å². The standard InChI is InChI=1S/C27H54NO9P/c1-3-4-5-6-7-8-9-10-11-13-16-19-27(30)37-26(23-36-38(31,32)33)22-35-24-34-21-18-15-12-14-17-20-28-25(2)29/h26H,3-24H2,1-2H3,(H,28,29)(H2,31,32,33)/t26-/m1/s1. The van der Waals surface area contributed by atoms with Gasteiger partial charge in [-0.15, -0.1) is 0 Å². The first kappa shape index (κ1) is 37.0. The lowest BCUT2D eigenvalue weighted by molar-refractivity contribution is -0.158. The highest BCUT2D eigenvalue weighted by Crippen LogP contribution is 2.35. The molecule has 0 bridgehead atoms. The highest BCUT2D eigenvalue weighted by atomic mass is 31.2. The van der Waals surface area contributed by atoms with Crippen molar-refractivity contribution < 1.29 is 42.7 Å². The van der Waals surface area contributed by atoms with Crippen molar-refractivity contribution in [2.45, 2.75) is 129 Å². The number of ether oxygens (including phenoxy) is 3. The Bertz CT molecular complexity index is 615. The molecule has 226 valence electrons. The van der Waals surface area contributed by atoms with E-state index in [0.29, 0.717) is 13.2 Å². The van der Waals surface area contributed by atoms with Gasteiger partial charge in [0.1, 0.15) is 12.9 Å². The number of hydrogen-bond acceptors (Lipinski definition) is 7. The number of carbonyl (C=O) groups excluding carboxylic acids is 2. The highest BCUT2D eigenvalue weighted by molar-refractivity contribution is 7.46. The number of unbranched alkanes of at least 4 members (excludes halogenated alkanes) is 14. The number of amides is 1. The summed E-state index contributed by atoms with van der Waals surface area (Å²) < 4.78 is 31.7. The van der Waals surface area contributed by atoms with Crippen LogP contribution in [0.4, 0.5) is 0 Å². The largest absolute Gasteiger partial charge is 0.469 e. The second-order valence-corrected chi connectivity index (χ2v) is 11.1. The Morgan fingerprint density at radius 3 is 1.89 bits per heavy atom. The van der Waals surface area contributed by atoms with E-state index in [0.717, 1.165) is 51.4 Å². The third-order valence-electron chi connectivity index (χ3n) is 6.02. The fraction of sp³-hybridized carbons (Fsp3) is 0.926. The van der Waals surface area contributed by atoms with Crippen LogP contribution in [0.15, 0.2) is 0 Å². The molecule has 1 atom stereocenters. The summed E-state index contributed by atoms with van der Waals surface area (Å²) >= 11 is 0. The van der Waals surface area contributed by atoms with Gasteiger partial charge in [-0.3, -0.25) is 14.1 Å². The van der Waals surface area contributed by atoms with Crippen LogP contribution in [-0.2, 0) is 32.9 Å². The number of nitrogens with one attached hydrogen (secondary N) is 1. The van der Waals surface area contributed by atoms with Gasteiger partial charge in [-0.2, -0.15) is 0 Å². The van der Waals surface area contributed by atoms with E-state index in [4.69, 9.17) is 24.0 Å². The van der Waals surface area contributed by atoms with E-state index in [1.54, 1.807) is 0 Å². The molecule has 3 N–H and O–H groups in total. The van der Waals surface area contributed by atoms with E-state index in [9.17, 15) is 14.2 Å². The minimum absolute atomic E-state index is 0.00644. The van der Waals surface area contributed by atoms with Crippen LogP contribution in [0, 0.1) is 0 Å². The molecule has 10 nitrogen and oxygen atoms in total. The van der Waals surface area contributed by atoms with Gasteiger partial charge in [0.05, 0.1) is 13.2 Å². The summed E-state index contributed by atoms with van der Waals surface area (Å²) in [4.78, 5) is 40.9. The topological polar surface area (TPSA) is 141 Å². The average molecular weight is 568 g/mol. The summed E-state index contributed by atoms with van der Waals surface area (Å²) in [5.74, 6) is -0.434. The lowest BCUT2D eigenvalue weighted by Gasteiger charge is -2.18. The molecule has 0 spiro atoms. The molecule has 0 aliphatic rings.